The largest absolute Gasteiger partial charge is 0.373 e. The highest BCUT2D eigenvalue weighted by Gasteiger charge is 2.24. The Morgan fingerprint density at radius 2 is 2.12 bits per heavy atom. The van der Waals surface area contributed by atoms with E-state index in [1.807, 2.05) is 6.07 Å². The van der Waals surface area contributed by atoms with Crippen LogP contribution in [0.3, 0.4) is 0 Å². The van der Waals surface area contributed by atoms with Crippen molar-refractivity contribution in [1.29, 1.82) is 0 Å². The Hall–Kier alpha value is -1.98. The standard InChI is InChI=1S/C19H21N3OS/c1-2-15-11-16-18(20-12-21-19(16)24-15)22-14-8-9-23-17(10-14)13-6-4-3-5-7-13/h3-7,11-12,14,17H,2,8-10H2,1H3,(H,20,21,22). The average Bonchev–Trinajstić information content (AvgIpc) is 3.07. The van der Waals surface area contributed by atoms with Gasteiger partial charge in [-0.15, -0.1) is 11.3 Å². The molecule has 4 nitrogen and oxygen atoms in total. The van der Waals surface area contributed by atoms with E-state index in [2.05, 4.69) is 52.5 Å². The van der Waals surface area contributed by atoms with Gasteiger partial charge in [0.1, 0.15) is 17.0 Å². The molecule has 0 bridgehead atoms. The van der Waals surface area contributed by atoms with Gasteiger partial charge in [0, 0.05) is 17.5 Å². The summed E-state index contributed by atoms with van der Waals surface area (Å²) in [5.74, 6) is 0.953. The molecule has 4 rings (SSSR count). The maximum atomic E-state index is 5.97. The Morgan fingerprint density at radius 3 is 2.96 bits per heavy atom. The van der Waals surface area contributed by atoms with Gasteiger partial charge in [0.05, 0.1) is 11.5 Å². The third-order valence-corrected chi connectivity index (χ3v) is 5.71. The highest BCUT2D eigenvalue weighted by atomic mass is 32.1. The van der Waals surface area contributed by atoms with Gasteiger partial charge in [-0.3, -0.25) is 0 Å². The predicted molar refractivity (Wildman–Crippen MR) is 98.6 cm³/mol. The Labute approximate surface area is 145 Å². The van der Waals surface area contributed by atoms with E-state index in [0.717, 1.165) is 41.9 Å². The summed E-state index contributed by atoms with van der Waals surface area (Å²) in [4.78, 5) is 11.3. The molecule has 1 fully saturated rings. The number of thiophene rings is 1. The fourth-order valence-electron chi connectivity index (χ4n) is 3.22. The van der Waals surface area contributed by atoms with Crippen LogP contribution in [0.25, 0.3) is 10.2 Å². The van der Waals surface area contributed by atoms with Crippen LogP contribution in [-0.2, 0) is 11.2 Å². The minimum atomic E-state index is 0.156. The summed E-state index contributed by atoms with van der Waals surface area (Å²) in [5, 5.41) is 4.78. The molecule has 1 aromatic carbocycles. The van der Waals surface area contributed by atoms with Gasteiger partial charge in [-0.2, -0.15) is 0 Å². The van der Waals surface area contributed by atoms with Crippen LogP contribution in [0.5, 0.6) is 0 Å². The zero-order valence-electron chi connectivity index (χ0n) is 13.7. The first-order valence-corrected chi connectivity index (χ1v) is 9.31. The van der Waals surface area contributed by atoms with E-state index in [1.54, 1.807) is 17.7 Å². The zero-order chi connectivity index (χ0) is 16.4. The van der Waals surface area contributed by atoms with Crippen LogP contribution >= 0.6 is 11.3 Å². The van der Waals surface area contributed by atoms with Gasteiger partial charge in [-0.25, -0.2) is 9.97 Å². The highest BCUT2D eigenvalue weighted by molar-refractivity contribution is 7.18. The second-order valence-corrected chi connectivity index (χ2v) is 7.26. The Bertz CT molecular complexity index is 818. The molecule has 0 radical (unpaired) electrons. The molecule has 0 spiro atoms. The summed E-state index contributed by atoms with van der Waals surface area (Å²) in [6, 6.07) is 13.1. The van der Waals surface area contributed by atoms with Crippen LogP contribution < -0.4 is 5.32 Å². The molecular weight excluding hydrogens is 318 g/mol. The smallest absolute Gasteiger partial charge is 0.138 e. The second kappa shape index (κ2) is 6.87. The lowest BCUT2D eigenvalue weighted by Crippen LogP contribution is -2.30. The number of nitrogens with zero attached hydrogens (tertiary/aromatic N) is 2. The van der Waals surface area contributed by atoms with Crippen LogP contribution in [0.15, 0.2) is 42.7 Å². The van der Waals surface area contributed by atoms with Gasteiger partial charge in [0.15, 0.2) is 0 Å². The van der Waals surface area contributed by atoms with Crippen molar-refractivity contribution < 1.29 is 4.74 Å². The Balaban J connectivity index is 1.54. The molecular formula is C19H21N3OS. The fraction of sp³-hybridized carbons (Fsp3) is 0.368. The quantitative estimate of drug-likeness (QED) is 0.755. The van der Waals surface area contributed by atoms with Gasteiger partial charge in [0.2, 0.25) is 0 Å². The molecule has 1 N–H and O–H groups in total. The van der Waals surface area contributed by atoms with Gasteiger partial charge < -0.3 is 10.1 Å². The first-order valence-electron chi connectivity index (χ1n) is 8.50. The summed E-state index contributed by atoms with van der Waals surface area (Å²) in [7, 11) is 0. The lowest BCUT2D eigenvalue weighted by Gasteiger charge is -2.30. The fourth-order valence-corrected chi connectivity index (χ4v) is 4.15. The van der Waals surface area contributed by atoms with E-state index in [9.17, 15) is 0 Å². The number of benzene rings is 1. The lowest BCUT2D eigenvalue weighted by molar-refractivity contribution is 0.00976. The van der Waals surface area contributed by atoms with E-state index in [4.69, 9.17) is 4.74 Å². The molecule has 1 saturated heterocycles. The summed E-state index contributed by atoms with van der Waals surface area (Å²) >= 11 is 1.76. The molecule has 124 valence electrons. The molecule has 3 aromatic rings. The maximum absolute atomic E-state index is 5.97. The van der Waals surface area contributed by atoms with Crippen LogP contribution in [0.4, 0.5) is 5.82 Å². The Morgan fingerprint density at radius 1 is 1.25 bits per heavy atom. The number of rotatable bonds is 4. The van der Waals surface area contributed by atoms with Crippen molar-refractivity contribution in [2.45, 2.75) is 38.3 Å². The van der Waals surface area contributed by atoms with E-state index in [0.29, 0.717) is 6.04 Å². The van der Waals surface area contributed by atoms with Crippen LogP contribution in [-0.4, -0.2) is 22.6 Å². The van der Waals surface area contributed by atoms with Gasteiger partial charge >= 0.3 is 0 Å². The summed E-state index contributed by atoms with van der Waals surface area (Å²) in [5.41, 5.74) is 1.25. The number of aryl methyl sites for hydroxylation is 1. The molecule has 2 unspecified atom stereocenters. The predicted octanol–water partition coefficient (Wildman–Crippen LogP) is 4.59. The maximum Gasteiger partial charge on any atom is 0.138 e. The van der Waals surface area contributed by atoms with E-state index in [-0.39, 0.29) is 6.10 Å². The molecule has 0 amide bonds. The molecule has 5 heteroatoms. The minimum Gasteiger partial charge on any atom is -0.373 e. The molecule has 3 heterocycles. The second-order valence-electron chi connectivity index (χ2n) is 6.14. The number of ether oxygens (including phenoxy) is 1. The summed E-state index contributed by atoms with van der Waals surface area (Å²) in [6.45, 7) is 2.95. The van der Waals surface area contributed by atoms with Crippen LogP contribution in [0.1, 0.15) is 36.3 Å². The van der Waals surface area contributed by atoms with E-state index < -0.39 is 0 Å². The molecule has 2 atom stereocenters. The Kier molecular flexibility index (Phi) is 4.45. The number of hydrogen-bond acceptors (Lipinski definition) is 5. The number of aromatic nitrogens is 2. The van der Waals surface area contributed by atoms with Crippen molar-refractivity contribution in [1.82, 2.24) is 9.97 Å². The zero-order valence-corrected chi connectivity index (χ0v) is 14.6. The van der Waals surface area contributed by atoms with E-state index >= 15 is 0 Å². The summed E-state index contributed by atoms with van der Waals surface area (Å²) < 4.78 is 5.97. The lowest BCUT2D eigenvalue weighted by atomic mass is 9.97. The van der Waals surface area contributed by atoms with Crippen molar-refractivity contribution in [2.24, 2.45) is 0 Å². The van der Waals surface area contributed by atoms with Crippen molar-refractivity contribution in [3.05, 3.63) is 53.2 Å². The first-order chi connectivity index (χ1) is 11.8. The van der Waals surface area contributed by atoms with Gasteiger partial charge in [0.25, 0.3) is 0 Å². The number of nitrogens with one attached hydrogen (secondary N) is 1. The SMILES string of the molecule is CCc1cc2c(NC3CCOC(c4ccccc4)C3)ncnc2s1. The normalized spacial score (nSPS) is 21.0. The topological polar surface area (TPSA) is 47.0 Å². The molecule has 2 aromatic heterocycles. The van der Waals surface area contributed by atoms with Gasteiger partial charge in [-0.05, 0) is 30.9 Å². The molecule has 24 heavy (non-hydrogen) atoms. The number of anilines is 1. The van der Waals surface area contributed by atoms with Crippen LogP contribution in [0.2, 0.25) is 0 Å². The summed E-state index contributed by atoms with van der Waals surface area (Å²) in [6.07, 6.45) is 4.81. The van der Waals surface area contributed by atoms with Crippen molar-refractivity contribution >= 4 is 27.4 Å². The molecule has 0 saturated carbocycles. The molecule has 1 aliphatic heterocycles. The molecule has 1 aliphatic rings. The van der Waals surface area contributed by atoms with Crippen molar-refractivity contribution in [3.8, 4) is 0 Å². The van der Waals surface area contributed by atoms with Crippen LogP contribution in [0, 0.1) is 0 Å². The third kappa shape index (κ3) is 3.14. The number of fused-ring (bicyclic) bond motifs is 1. The van der Waals surface area contributed by atoms with Gasteiger partial charge in [-0.1, -0.05) is 37.3 Å². The number of hydrogen-bond donors (Lipinski definition) is 1. The van der Waals surface area contributed by atoms with Crippen molar-refractivity contribution in [2.75, 3.05) is 11.9 Å². The van der Waals surface area contributed by atoms with Crippen molar-refractivity contribution in [3.63, 3.8) is 0 Å². The minimum absolute atomic E-state index is 0.156. The average molecular weight is 339 g/mol. The molecule has 0 aliphatic carbocycles. The van der Waals surface area contributed by atoms with E-state index in [1.165, 1.54) is 10.4 Å². The monoisotopic (exact) mass is 339 g/mol. The third-order valence-electron chi connectivity index (χ3n) is 4.53. The first kappa shape index (κ1) is 15.5. The highest BCUT2D eigenvalue weighted by Crippen LogP contribution is 2.32.